The van der Waals surface area contributed by atoms with Crippen LogP contribution in [0.15, 0.2) is 6.07 Å². The molecule has 0 amide bonds. The van der Waals surface area contributed by atoms with Crippen LogP contribution in [0.1, 0.15) is 12.8 Å². The zero-order chi connectivity index (χ0) is 9.84. The lowest BCUT2D eigenvalue weighted by atomic mass is 10.2. The lowest BCUT2D eigenvalue weighted by Crippen LogP contribution is -2.20. The Hall–Kier alpha value is -0.320. The Kier molecular flexibility index (Phi) is 3.96. The molecular formula is C9H14N2S2. The van der Waals surface area contributed by atoms with Crippen LogP contribution in [0.5, 0.6) is 0 Å². The average molecular weight is 214 g/mol. The van der Waals surface area contributed by atoms with Gasteiger partial charge in [-0.15, -0.1) is 0 Å². The molecule has 72 valence electrons. The molecule has 0 aliphatic rings. The van der Waals surface area contributed by atoms with Crippen LogP contribution in [-0.2, 0) is 0 Å². The molecular weight excluding hydrogens is 200 g/mol. The van der Waals surface area contributed by atoms with Crippen molar-refractivity contribution in [1.29, 1.82) is 0 Å². The molecule has 0 radical (unpaired) electrons. The first-order valence-corrected chi connectivity index (χ1v) is 5.20. The van der Waals surface area contributed by atoms with Gasteiger partial charge in [-0.2, -0.15) is 0 Å². The first-order valence-electron chi connectivity index (χ1n) is 4.38. The second-order valence-electron chi connectivity index (χ2n) is 3.14. The van der Waals surface area contributed by atoms with E-state index in [2.05, 4.69) is 4.90 Å². The third kappa shape index (κ3) is 2.56. The molecule has 0 saturated heterocycles. The number of nitrogens with zero attached hydrogens (tertiary/aromatic N) is 1. The average Bonchev–Trinajstić information content (AvgIpc) is 2.13. The van der Waals surface area contributed by atoms with Crippen LogP contribution >= 0.6 is 24.4 Å². The van der Waals surface area contributed by atoms with Crippen LogP contribution in [0, 0.1) is 9.02 Å². The molecule has 1 aromatic carbocycles. The van der Waals surface area contributed by atoms with E-state index in [1.165, 1.54) is 0 Å². The fourth-order valence-corrected chi connectivity index (χ4v) is 1.69. The van der Waals surface area contributed by atoms with E-state index in [1.807, 2.05) is 13.1 Å². The highest BCUT2D eigenvalue weighted by Gasteiger charge is 2.07. The summed E-state index contributed by atoms with van der Waals surface area (Å²) in [6, 6.07) is 1.96. The molecule has 1 rings (SSSR count). The maximum Gasteiger partial charge on any atom is 0.0792 e. The van der Waals surface area contributed by atoms with Crippen molar-refractivity contribution in [2.24, 2.45) is 5.73 Å². The second-order valence-corrected chi connectivity index (χ2v) is 3.99. The maximum atomic E-state index is 5.41. The summed E-state index contributed by atoms with van der Waals surface area (Å²) in [5, 5.41) is 0. The van der Waals surface area contributed by atoms with E-state index in [1.54, 1.807) is 0 Å². The van der Waals surface area contributed by atoms with Gasteiger partial charge in [-0.3, -0.25) is 0 Å². The molecule has 0 aromatic heterocycles. The van der Waals surface area contributed by atoms with Gasteiger partial charge in [0.15, 0.2) is 0 Å². The van der Waals surface area contributed by atoms with Crippen molar-refractivity contribution in [3.8, 4) is 0 Å². The minimum atomic E-state index is 0.760. The van der Waals surface area contributed by atoms with Gasteiger partial charge in [0.05, 0.1) is 14.7 Å². The van der Waals surface area contributed by atoms with Crippen molar-refractivity contribution in [2.45, 2.75) is 12.8 Å². The van der Waals surface area contributed by atoms with E-state index in [0.717, 1.165) is 40.6 Å². The van der Waals surface area contributed by atoms with Gasteiger partial charge in [0, 0.05) is 13.6 Å². The molecule has 2 N–H and O–H groups in total. The SMILES string of the molecule is CN(CCCCN)c1cc(=S)c1=S. The molecule has 0 saturated carbocycles. The van der Waals surface area contributed by atoms with Gasteiger partial charge in [0.2, 0.25) is 0 Å². The lowest BCUT2D eigenvalue weighted by molar-refractivity contribution is 0.727. The van der Waals surface area contributed by atoms with Gasteiger partial charge in [-0.1, -0.05) is 24.4 Å². The van der Waals surface area contributed by atoms with E-state index in [-0.39, 0.29) is 0 Å². The third-order valence-corrected chi connectivity index (χ3v) is 2.96. The van der Waals surface area contributed by atoms with Crippen molar-refractivity contribution in [1.82, 2.24) is 0 Å². The highest BCUT2D eigenvalue weighted by molar-refractivity contribution is 7.74. The van der Waals surface area contributed by atoms with Gasteiger partial charge in [-0.25, -0.2) is 0 Å². The fourth-order valence-electron chi connectivity index (χ4n) is 1.20. The largest absolute Gasteiger partial charge is 0.373 e. The Bertz CT molecular complexity index is 339. The van der Waals surface area contributed by atoms with Gasteiger partial charge in [-0.05, 0) is 25.5 Å². The minimum Gasteiger partial charge on any atom is -0.373 e. The molecule has 0 aliphatic carbocycles. The molecule has 0 unspecified atom stereocenters. The highest BCUT2D eigenvalue weighted by Crippen LogP contribution is 2.21. The predicted molar refractivity (Wildman–Crippen MR) is 62.0 cm³/mol. The van der Waals surface area contributed by atoms with E-state index >= 15 is 0 Å². The maximum absolute atomic E-state index is 5.41. The minimum absolute atomic E-state index is 0.760. The smallest absolute Gasteiger partial charge is 0.0792 e. The summed E-state index contributed by atoms with van der Waals surface area (Å²) < 4.78 is 1.65. The Balaban J connectivity index is 2.42. The molecule has 13 heavy (non-hydrogen) atoms. The van der Waals surface area contributed by atoms with Crippen molar-refractivity contribution in [3.05, 3.63) is 15.1 Å². The standard InChI is InChI=1S/C9H14N2S2/c1-11(5-3-2-4-10)7-6-8(12)9(7)13/h6H,2-5,10H2,1H3. The summed E-state index contributed by atoms with van der Waals surface area (Å²) in [4.78, 5) is 2.15. The van der Waals surface area contributed by atoms with Crippen LogP contribution in [0.25, 0.3) is 0 Å². The zero-order valence-electron chi connectivity index (χ0n) is 7.75. The first-order chi connectivity index (χ1) is 6.16. The Morgan fingerprint density at radius 2 is 2.08 bits per heavy atom. The number of unbranched alkanes of at least 4 members (excludes halogenated alkanes) is 1. The number of nitrogens with two attached hydrogens (primary N) is 1. The molecule has 4 heteroatoms. The van der Waals surface area contributed by atoms with E-state index in [0.29, 0.717) is 0 Å². The Morgan fingerprint density at radius 1 is 1.38 bits per heavy atom. The molecule has 0 fully saturated rings. The monoisotopic (exact) mass is 214 g/mol. The van der Waals surface area contributed by atoms with Gasteiger partial charge < -0.3 is 10.6 Å². The first kappa shape index (κ1) is 10.8. The van der Waals surface area contributed by atoms with Crippen LogP contribution in [0.2, 0.25) is 0 Å². The molecule has 0 spiro atoms. The van der Waals surface area contributed by atoms with Gasteiger partial charge in [0.25, 0.3) is 0 Å². The summed E-state index contributed by atoms with van der Waals surface area (Å²) in [5.74, 6) is 0. The van der Waals surface area contributed by atoms with Crippen molar-refractivity contribution in [3.63, 3.8) is 0 Å². The highest BCUT2D eigenvalue weighted by atomic mass is 32.1. The molecule has 0 bridgehead atoms. The normalized spacial score (nSPS) is 10.6. The van der Waals surface area contributed by atoms with Gasteiger partial charge >= 0.3 is 0 Å². The Morgan fingerprint density at radius 3 is 2.54 bits per heavy atom. The van der Waals surface area contributed by atoms with Crippen LogP contribution in [0.4, 0.5) is 5.69 Å². The van der Waals surface area contributed by atoms with Crippen molar-refractivity contribution >= 4 is 30.1 Å². The van der Waals surface area contributed by atoms with E-state index in [4.69, 9.17) is 30.2 Å². The summed E-state index contributed by atoms with van der Waals surface area (Å²) in [6.07, 6.45) is 2.18. The quantitative estimate of drug-likeness (QED) is 0.601. The summed E-state index contributed by atoms with van der Waals surface area (Å²) in [6.45, 7) is 1.77. The predicted octanol–water partition coefficient (Wildman–Crippen LogP) is 2.20. The Labute approximate surface area is 89.1 Å². The number of hydrogen-bond donors (Lipinski definition) is 1. The lowest BCUT2D eigenvalue weighted by Gasteiger charge is -2.20. The summed E-state index contributed by atoms with van der Waals surface area (Å²) in [7, 11) is 2.04. The van der Waals surface area contributed by atoms with Crippen LogP contribution < -0.4 is 10.6 Å². The molecule has 0 heterocycles. The van der Waals surface area contributed by atoms with E-state index < -0.39 is 0 Å². The third-order valence-electron chi connectivity index (χ3n) is 2.08. The zero-order valence-corrected chi connectivity index (χ0v) is 9.38. The summed E-state index contributed by atoms with van der Waals surface area (Å²) >= 11 is 10.1. The number of hydrogen-bond acceptors (Lipinski definition) is 4. The van der Waals surface area contributed by atoms with Crippen molar-refractivity contribution in [2.75, 3.05) is 25.0 Å². The second kappa shape index (κ2) is 4.79. The molecule has 0 aliphatic heterocycles. The molecule has 1 aromatic rings. The van der Waals surface area contributed by atoms with Gasteiger partial charge in [0.1, 0.15) is 0 Å². The molecule has 2 nitrogen and oxygen atoms in total. The molecule has 0 atom stereocenters. The fraction of sp³-hybridized carbons (Fsp3) is 0.556. The topological polar surface area (TPSA) is 29.3 Å². The number of rotatable bonds is 5. The van der Waals surface area contributed by atoms with E-state index in [9.17, 15) is 0 Å². The van der Waals surface area contributed by atoms with Crippen molar-refractivity contribution < 1.29 is 0 Å². The van der Waals surface area contributed by atoms with Crippen LogP contribution in [0.3, 0.4) is 0 Å². The number of anilines is 1. The van der Waals surface area contributed by atoms with Crippen LogP contribution in [-0.4, -0.2) is 20.1 Å². The summed E-state index contributed by atoms with van der Waals surface area (Å²) in [5.41, 5.74) is 6.52.